The highest BCUT2D eigenvalue weighted by Gasteiger charge is 2.21. The summed E-state index contributed by atoms with van der Waals surface area (Å²) >= 11 is 0. The number of amides is 1. The third-order valence-electron chi connectivity index (χ3n) is 3.87. The van der Waals surface area contributed by atoms with Gasteiger partial charge in [0.05, 0.1) is 0 Å². The first-order valence-electron chi connectivity index (χ1n) is 7.55. The molecule has 1 aliphatic heterocycles. The van der Waals surface area contributed by atoms with E-state index in [4.69, 9.17) is 5.11 Å². The van der Waals surface area contributed by atoms with Crippen LogP contribution in [0.4, 0.5) is 4.39 Å². The molecule has 1 aliphatic rings. The molecule has 128 valence electrons. The van der Waals surface area contributed by atoms with E-state index in [2.05, 4.69) is 4.90 Å². The average Bonchev–Trinajstić information content (AvgIpc) is 2.52. The highest BCUT2D eigenvalue weighted by molar-refractivity contribution is 5.94. The van der Waals surface area contributed by atoms with E-state index in [0.29, 0.717) is 25.1 Å². The largest absolute Gasteiger partial charge is 0.481 e. The second-order valence-corrected chi connectivity index (χ2v) is 5.49. The number of carboxylic acid groups (broad SMARTS) is 1. The molecule has 0 aromatic heterocycles. The number of piperazine rings is 1. The maximum Gasteiger partial charge on any atom is 0.303 e. The molecule has 0 bridgehead atoms. The van der Waals surface area contributed by atoms with Crippen LogP contribution < -0.4 is 0 Å². The fraction of sp³-hybridized carbons (Fsp3) is 0.500. The Morgan fingerprint density at radius 1 is 1.04 bits per heavy atom. The van der Waals surface area contributed by atoms with Gasteiger partial charge in [0.2, 0.25) is 0 Å². The summed E-state index contributed by atoms with van der Waals surface area (Å²) in [6, 6.07) is 5.61. The van der Waals surface area contributed by atoms with Gasteiger partial charge < -0.3 is 10.0 Å². The SMILES string of the molecule is Cl.O=C(O)CCCCN1CCN(C(=O)c2ccc(F)cc2)CC1. The lowest BCUT2D eigenvalue weighted by molar-refractivity contribution is -0.137. The number of carbonyl (C=O) groups is 2. The van der Waals surface area contributed by atoms with Gasteiger partial charge in [-0.15, -0.1) is 12.4 Å². The Balaban J connectivity index is 0.00000264. The second-order valence-electron chi connectivity index (χ2n) is 5.49. The standard InChI is InChI=1S/C16H21FN2O3.ClH/c17-14-6-4-13(5-7-14)16(22)19-11-9-18(10-12-19)8-2-1-3-15(20)21;/h4-7H,1-3,8-12H2,(H,20,21);1H. The van der Waals surface area contributed by atoms with Crippen molar-refractivity contribution in [1.82, 2.24) is 9.80 Å². The number of hydrogen-bond donors (Lipinski definition) is 1. The molecule has 1 heterocycles. The van der Waals surface area contributed by atoms with E-state index < -0.39 is 5.97 Å². The van der Waals surface area contributed by atoms with Crippen molar-refractivity contribution in [3.63, 3.8) is 0 Å². The number of nitrogens with zero attached hydrogens (tertiary/aromatic N) is 2. The molecule has 7 heteroatoms. The second kappa shape index (κ2) is 9.47. The van der Waals surface area contributed by atoms with Crippen molar-refractivity contribution in [3.05, 3.63) is 35.6 Å². The van der Waals surface area contributed by atoms with Crippen LogP contribution in [0.1, 0.15) is 29.6 Å². The van der Waals surface area contributed by atoms with E-state index in [1.54, 1.807) is 4.90 Å². The fourth-order valence-corrected chi connectivity index (χ4v) is 2.56. The van der Waals surface area contributed by atoms with Crippen molar-refractivity contribution in [2.75, 3.05) is 32.7 Å². The van der Waals surface area contributed by atoms with Crippen molar-refractivity contribution in [3.8, 4) is 0 Å². The minimum atomic E-state index is -0.755. The van der Waals surface area contributed by atoms with Crippen molar-refractivity contribution in [2.24, 2.45) is 0 Å². The predicted molar refractivity (Wildman–Crippen MR) is 87.5 cm³/mol. The number of benzene rings is 1. The minimum Gasteiger partial charge on any atom is -0.481 e. The molecule has 0 aliphatic carbocycles. The summed E-state index contributed by atoms with van der Waals surface area (Å²) in [7, 11) is 0. The van der Waals surface area contributed by atoms with Gasteiger partial charge in [-0.3, -0.25) is 14.5 Å². The predicted octanol–water partition coefficient (Wildman–Crippen LogP) is 2.26. The Hall–Kier alpha value is -1.66. The zero-order valence-electron chi connectivity index (χ0n) is 12.9. The zero-order chi connectivity index (χ0) is 15.9. The topological polar surface area (TPSA) is 60.9 Å². The van der Waals surface area contributed by atoms with Crippen molar-refractivity contribution in [1.29, 1.82) is 0 Å². The van der Waals surface area contributed by atoms with Crippen LogP contribution in [0.5, 0.6) is 0 Å². The van der Waals surface area contributed by atoms with Crippen molar-refractivity contribution in [2.45, 2.75) is 19.3 Å². The third kappa shape index (κ3) is 6.15. The zero-order valence-corrected chi connectivity index (χ0v) is 13.7. The Morgan fingerprint density at radius 3 is 2.22 bits per heavy atom. The van der Waals surface area contributed by atoms with E-state index >= 15 is 0 Å². The fourth-order valence-electron chi connectivity index (χ4n) is 2.56. The first kappa shape index (κ1) is 19.4. The van der Waals surface area contributed by atoms with Crippen LogP contribution >= 0.6 is 12.4 Å². The van der Waals surface area contributed by atoms with Crippen LogP contribution in [0.25, 0.3) is 0 Å². The van der Waals surface area contributed by atoms with E-state index in [0.717, 1.165) is 26.1 Å². The molecule has 1 amide bonds. The van der Waals surface area contributed by atoms with Crippen LogP contribution in [-0.2, 0) is 4.79 Å². The van der Waals surface area contributed by atoms with Gasteiger partial charge in [0.1, 0.15) is 5.82 Å². The quantitative estimate of drug-likeness (QED) is 0.804. The molecule has 23 heavy (non-hydrogen) atoms. The third-order valence-corrected chi connectivity index (χ3v) is 3.87. The first-order chi connectivity index (χ1) is 10.6. The normalized spacial score (nSPS) is 15.1. The molecular weight excluding hydrogens is 323 g/mol. The van der Waals surface area contributed by atoms with Crippen LogP contribution in [0.3, 0.4) is 0 Å². The van der Waals surface area contributed by atoms with Crippen molar-refractivity contribution < 1.29 is 19.1 Å². The Bertz CT molecular complexity index is 517. The summed E-state index contributed by atoms with van der Waals surface area (Å²) in [5.74, 6) is -1.16. The lowest BCUT2D eigenvalue weighted by atomic mass is 10.1. The molecular formula is C16H22ClFN2O3. The van der Waals surface area contributed by atoms with Gasteiger partial charge >= 0.3 is 5.97 Å². The molecule has 5 nitrogen and oxygen atoms in total. The van der Waals surface area contributed by atoms with Gasteiger partial charge in [-0.2, -0.15) is 0 Å². The molecule has 0 unspecified atom stereocenters. The number of hydrogen-bond acceptors (Lipinski definition) is 3. The summed E-state index contributed by atoms with van der Waals surface area (Å²) in [6.45, 7) is 3.75. The highest BCUT2D eigenvalue weighted by atomic mass is 35.5. The molecule has 0 spiro atoms. The summed E-state index contributed by atoms with van der Waals surface area (Å²) in [4.78, 5) is 26.7. The summed E-state index contributed by atoms with van der Waals surface area (Å²) < 4.78 is 12.9. The molecule has 1 aromatic rings. The molecule has 0 saturated carbocycles. The number of carboxylic acids is 1. The van der Waals surface area contributed by atoms with Crippen molar-refractivity contribution >= 4 is 24.3 Å². The average molecular weight is 345 g/mol. The van der Waals surface area contributed by atoms with Gasteiger partial charge in [-0.25, -0.2) is 4.39 Å². The van der Waals surface area contributed by atoms with Crippen LogP contribution in [-0.4, -0.2) is 59.5 Å². The van der Waals surface area contributed by atoms with Gasteiger partial charge in [0, 0.05) is 38.2 Å². The molecule has 0 radical (unpaired) electrons. The van der Waals surface area contributed by atoms with Gasteiger partial charge in [-0.05, 0) is 43.7 Å². The van der Waals surface area contributed by atoms with Gasteiger partial charge in [0.25, 0.3) is 5.91 Å². The summed E-state index contributed by atoms with van der Waals surface area (Å²) in [5.41, 5.74) is 0.510. The Morgan fingerprint density at radius 2 is 1.65 bits per heavy atom. The number of halogens is 2. The van der Waals surface area contributed by atoms with Gasteiger partial charge in [-0.1, -0.05) is 0 Å². The highest BCUT2D eigenvalue weighted by Crippen LogP contribution is 2.10. The molecule has 1 N–H and O–H groups in total. The van der Waals surface area contributed by atoms with E-state index in [9.17, 15) is 14.0 Å². The van der Waals surface area contributed by atoms with Crippen LogP contribution in [0.15, 0.2) is 24.3 Å². The number of aliphatic carboxylic acids is 1. The molecule has 0 atom stereocenters. The Labute approximate surface area is 141 Å². The minimum absolute atomic E-state index is 0. The lowest BCUT2D eigenvalue weighted by Crippen LogP contribution is -2.48. The Kier molecular flexibility index (Phi) is 7.98. The summed E-state index contributed by atoms with van der Waals surface area (Å²) in [5, 5.41) is 8.59. The maximum atomic E-state index is 12.9. The monoisotopic (exact) mass is 344 g/mol. The molecule has 1 saturated heterocycles. The van der Waals surface area contributed by atoms with E-state index in [1.165, 1.54) is 24.3 Å². The van der Waals surface area contributed by atoms with E-state index in [1.807, 2.05) is 0 Å². The molecule has 1 fully saturated rings. The number of carbonyl (C=O) groups excluding carboxylic acids is 1. The first-order valence-corrected chi connectivity index (χ1v) is 7.55. The summed E-state index contributed by atoms with van der Waals surface area (Å²) in [6.07, 6.45) is 1.76. The number of rotatable bonds is 6. The number of unbranched alkanes of at least 4 members (excludes halogenated alkanes) is 1. The molecule has 2 rings (SSSR count). The lowest BCUT2D eigenvalue weighted by Gasteiger charge is -2.34. The maximum absolute atomic E-state index is 12.9. The van der Waals surface area contributed by atoms with Gasteiger partial charge in [0.15, 0.2) is 0 Å². The smallest absolute Gasteiger partial charge is 0.303 e. The molecule has 1 aromatic carbocycles. The van der Waals surface area contributed by atoms with E-state index in [-0.39, 0.29) is 30.6 Å². The van der Waals surface area contributed by atoms with Crippen LogP contribution in [0.2, 0.25) is 0 Å². The van der Waals surface area contributed by atoms with Crippen LogP contribution in [0, 0.1) is 5.82 Å².